The van der Waals surface area contributed by atoms with E-state index in [0.717, 1.165) is 62.6 Å². The molecule has 2 aliphatic heterocycles. The molecule has 7 aromatic rings. The number of aliphatic hydroxyl groups excluding tert-OH is 3. The summed E-state index contributed by atoms with van der Waals surface area (Å²) in [6.45, 7) is 7.11. The Morgan fingerprint density at radius 2 is 0.803 bits per heavy atom. The summed E-state index contributed by atoms with van der Waals surface area (Å²) in [6.07, 6.45) is 5.70. The molecule has 8 bridgehead atoms. The van der Waals surface area contributed by atoms with E-state index >= 15 is 0 Å². The molecule has 9 rings (SSSR count). The minimum atomic E-state index is -3.62. The molecule has 0 radical (unpaired) electrons. The molecule has 5 heterocycles. The zero-order valence-corrected chi connectivity index (χ0v) is 47.4. The van der Waals surface area contributed by atoms with Gasteiger partial charge in [-0.1, -0.05) is 111 Å². The second-order valence-electron chi connectivity index (χ2n) is 15.7. The van der Waals surface area contributed by atoms with E-state index in [1.165, 1.54) is 13.1 Å². The molecule has 0 amide bonds. The second kappa shape index (κ2) is 28.7. The van der Waals surface area contributed by atoms with Crippen LogP contribution in [0.4, 0.5) is 0 Å². The molecule has 2 aliphatic rings. The van der Waals surface area contributed by atoms with Crippen molar-refractivity contribution in [2.24, 2.45) is 0 Å². The molecular weight excluding hydrogens is 1110 g/mol. The maximum atomic E-state index is 10.3. The molecule has 7 N–H and O–H groups in total. The van der Waals surface area contributed by atoms with Gasteiger partial charge >= 0.3 is 19.5 Å². The Hall–Kier alpha value is -6.30. The molecule has 23 nitrogen and oxygen atoms in total. The van der Waals surface area contributed by atoms with Gasteiger partial charge in [0.1, 0.15) is 0 Å². The van der Waals surface area contributed by atoms with Gasteiger partial charge in [0.2, 0.25) is 35.2 Å². The fourth-order valence-electron chi connectivity index (χ4n) is 6.46. The molecule has 3 aromatic heterocycles. The number of hydrogen-bond donors (Lipinski definition) is 7. The summed E-state index contributed by atoms with van der Waals surface area (Å²) in [5.41, 5.74) is 5.78. The normalized spacial score (nSPS) is 11.4. The van der Waals surface area contributed by atoms with Crippen LogP contribution >= 0.6 is 0 Å². The third-order valence-electron chi connectivity index (χ3n) is 9.80. The molecule has 402 valence electrons. The summed E-state index contributed by atoms with van der Waals surface area (Å²) in [4.78, 5) is 39.3. The first kappa shape index (κ1) is 64.0. The molecular formula is C48H58N12O11S4Zn. The van der Waals surface area contributed by atoms with Gasteiger partial charge in [-0.2, -0.15) is 0 Å². The quantitative estimate of drug-likeness (QED) is 0.0373. The summed E-state index contributed by atoms with van der Waals surface area (Å²) in [5, 5.41) is 27.4. The van der Waals surface area contributed by atoms with Crippen molar-refractivity contribution >= 4 is 84.2 Å². The number of aromatic nitrogens is 8. The van der Waals surface area contributed by atoms with Crippen LogP contribution in [-0.4, -0.2) is 138 Å². The Morgan fingerprint density at radius 3 is 1.00 bits per heavy atom. The van der Waals surface area contributed by atoms with Gasteiger partial charge in [-0.05, 0) is 48.0 Å². The number of rotatable bonds is 13. The predicted molar refractivity (Wildman–Crippen MR) is 293 cm³/mol. The van der Waals surface area contributed by atoms with Gasteiger partial charge < -0.3 is 45.2 Å². The Bertz CT molecular complexity index is 3430. The van der Waals surface area contributed by atoms with Gasteiger partial charge in [0, 0.05) is 77.7 Å². The van der Waals surface area contributed by atoms with Crippen molar-refractivity contribution in [1.29, 1.82) is 0 Å². The van der Waals surface area contributed by atoms with Crippen LogP contribution in [0, 0.1) is 0 Å². The standard InChI is InChI=1S/C32H16N8.2C4H11NO3S.C4H9NO2S.C3H7NO3S.CH4.Zn/c1-2-10-18-17(9-1)25-33-26(18)38-28-21-13-5-6-14-22(21)30(35-28)40-32-24-16-8-7-15-23(24)31(36-32)39-29-20-12-4-3-11-19(20)27(34-29)37-25;2*1-9(7,8)5-3-2-4-6;1-3-4-5-8(2,6)7;1-3(5)8(6,7)4-2;;/h1-16H;2*5-6H,2-4H2,1H3;3,5H,1,4H2,2H3;4-5H,1H2,2H3;1H4;/q-2;;;;;;+2. The van der Waals surface area contributed by atoms with Crippen LogP contribution in [0.2, 0.25) is 0 Å². The molecule has 0 saturated carbocycles. The van der Waals surface area contributed by atoms with E-state index < -0.39 is 45.2 Å². The molecule has 4 aromatic carbocycles. The zero-order chi connectivity index (χ0) is 54.3. The Morgan fingerprint density at radius 1 is 0.526 bits per heavy atom. The first-order valence-corrected chi connectivity index (χ1v) is 29.2. The maximum absolute atomic E-state index is 10.3. The average molecular weight is 1170 g/mol. The van der Waals surface area contributed by atoms with Gasteiger partial charge in [-0.3, -0.25) is 0 Å². The van der Waals surface area contributed by atoms with Crippen LogP contribution in [0.5, 0.6) is 0 Å². The van der Waals surface area contributed by atoms with Crippen LogP contribution in [-0.2, 0) is 59.6 Å². The van der Waals surface area contributed by atoms with E-state index in [-0.39, 0.29) is 40.1 Å². The summed E-state index contributed by atoms with van der Waals surface area (Å²) >= 11 is 0. The number of fused-ring (bicyclic) bond motifs is 20. The number of aliphatic hydroxyl groups is 3. The number of nitrogens with one attached hydrogen (secondary N) is 4. The number of hydrogen-bond acceptors (Lipinski definition) is 17. The summed E-state index contributed by atoms with van der Waals surface area (Å²) < 4.78 is 90.8. The van der Waals surface area contributed by atoms with E-state index in [9.17, 15) is 33.7 Å². The Balaban J connectivity index is 0.000000347. The average Bonchev–Trinajstić information content (AvgIpc) is 4.09. The van der Waals surface area contributed by atoms with E-state index in [1.54, 1.807) is 0 Å². The number of sulfonamides is 4. The Kier molecular flexibility index (Phi) is 24.2. The van der Waals surface area contributed by atoms with Gasteiger partial charge in [0.25, 0.3) is 10.0 Å². The van der Waals surface area contributed by atoms with E-state index in [2.05, 4.69) is 27.3 Å². The van der Waals surface area contributed by atoms with Crippen molar-refractivity contribution in [3.63, 3.8) is 0 Å². The molecule has 28 heteroatoms. The van der Waals surface area contributed by atoms with E-state index in [4.69, 9.17) is 55.2 Å². The topological polar surface area (TPSA) is 351 Å². The molecule has 0 fully saturated rings. The zero-order valence-electron chi connectivity index (χ0n) is 41.2. The van der Waals surface area contributed by atoms with Crippen molar-refractivity contribution in [2.75, 3.05) is 58.7 Å². The van der Waals surface area contributed by atoms with Gasteiger partial charge in [-0.25, -0.2) is 62.5 Å². The first-order valence-electron chi connectivity index (χ1n) is 22.1. The maximum Gasteiger partial charge on any atom is 2.00 e. The molecule has 0 unspecified atom stereocenters. The van der Waals surface area contributed by atoms with E-state index in [0.29, 0.717) is 78.4 Å². The SMILES string of the molecule is C.C=C(O)S(=O)(=O)NC.C=CCNS(C)(=O)=O.CS(=O)(=O)NCCCO.CS(=O)(=O)NCCCO.[Zn+2].c1ccc2c(c1)-c1nc-2nc2[n-]c(nc3nc(nc4[n-]c(n1)c1ccccc41)-c1ccccc1-3)c1ccccc21. The van der Waals surface area contributed by atoms with Crippen LogP contribution in [0.1, 0.15) is 20.3 Å². The third kappa shape index (κ3) is 18.5. The van der Waals surface area contributed by atoms with Crippen LogP contribution in [0.15, 0.2) is 121 Å². The minimum absolute atomic E-state index is 0. The van der Waals surface area contributed by atoms with Crippen molar-refractivity contribution < 1.29 is 68.5 Å². The molecule has 0 aliphatic carbocycles. The monoisotopic (exact) mass is 1170 g/mol. The molecule has 76 heavy (non-hydrogen) atoms. The fourth-order valence-corrected chi connectivity index (χ4v) is 8.15. The molecule has 0 saturated heterocycles. The van der Waals surface area contributed by atoms with Crippen molar-refractivity contribution in [1.82, 2.24) is 58.8 Å². The van der Waals surface area contributed by atoms with Crippen molar-refractivity contribution in [3.05, 3.63) is 121 Å². The fraction of sp³-hybridized carbons (Fsp3) is 0.250. The first-order chi connectivity index (χ1) is 35.0. The summed E-state index contributed by atoms with van der Waals surface area (Å²) in [6, 6.07) is 31.8. The third-order valence-corrected chi connectivity index (χ3v) is 13.1. The van der Waals surface area contributed by atoms with Crippen LogP contribution in [0.3, 0.4) is 0 Å². The second-order valence-corrected chi connectivity index (χ2v) is 23.0. The molecule has 0 atom stereocenters. The van der Waals surface area contributed by atoms with E-state index in [1.807, 2.05) is 102 Å². The number of benzene rings is 4. The molecule has 0 spiro atoms. The predicted octanol–water partition coefficient (Wildman–Crippen LogP) is 3.88. The van der Waals surface area contributed by atoms with Gasteiger partial charge in [-0.15, -0.1) is 6.58 Å². The summed E-state index contributed by atoms with van der Waals surface area (Å²) in [7, 11) is -11.6. The number of nitrogens with zero attached hydrogens (tertiary/aromatic N) is 8. The van der Waals surface area contributed by atoms with Gasteiger partial charge in [0.05, 0.1) is 42.1 Å². The summed E-state index contributed by atoms with van der Waals surface area (Å²) in [5.74, 6) is 2.21. The largest absolute Gasteiger partial charge is 2.00 e. The minimum Gasteiger partial charge on any atom is -0.498 e. The van der Waals surface area contributed by atoms with Gasteiger partial charge in [0.15, 0.2) is 0 Å². The van der Waals surface area contributed by atoms with Crippen LogP contribution < -0.4 is 28.9 Å². The Labute approximate surface area is 454 Å². The van der Waals surface area contributed by atoms with Crippen LogP contribution in [0.25, 0.3) is 89.7 Å². The van der Waals surface area contributed by atoms with Crippen molar-refractivity contribution in [2.45, 2.75) is 20.3 Å². The smallest absolute Gasteiger partial charge is 0.498 e. The van der Waals surface area contributed by atoms with Crippen molar-refractivity contribution in [3.8, 4) is 45.6 Å².